The number of hydrogen-bond donors (Lipinski definition) is 3. The number of benzene rings is 1. The molecule has 3 heterocycles. The van der Waals surface area contributed by atoms with Crippen LogP contribution in [0, 0.1) is 22.7 Å². The van der Waals surface area contributed by atoms with Crippen molar-refractivity contribution in [3.63, 3.8) is 0 Å². The van der Waals surface area contributed by atoms with Gasteiger partial charge < -0.3 is 24.9 Å². The van der Waals surface area contributed by atoms with Gasteiger partial charge >= 0.3 is 5.97 Å². The van der Waals surface area contributed by atoms with E-state index in [2.05, 4.69) is 25.3 Å². The number of hydrogen-bond acceptors (Lipinski definition) is 9. The Morgan fingerprint density at radius 1 is 1.27 bits per heavy atom. The molecule has 192 valence electrons. The predicted octanol–water partition coefficient (Wildman–Crippen LogP) is 2.55. The van der Waals surface area contributed by atoms with Crippen LogP contribution in [0.25, 0.3) is 22.6 Å². The zero-order chi connectivity index (χ0) is 26.6. The summed E-state index contributed by atoms with van der Waals surface area (Å²) in [6.45, 7) is 1.78. The second-order valence-corrected chi connectivity index (χ2v) is 8.67. The molecule has 0 radical (unpaired) electrons. The molecule has 1 aliphatic heterocycles. The largest absolute Gasteiger partial charge is 0.481 e. The monoisotopic (exact) mass is 509 g/mol. The van der Waals surface area contributed by atoms with Gasteiger partial charge in [-0.2, -0.15) is 5.26 Å². The van der Waals surface area contributed by atoms with Crippen LogP contribution in [0.15, 0.2) is 36.5 Å². The first-order valence-electron chi connectivity index (χ1n) is 11.3. The fourth-order valence-corrected chi connectivity index (χ4v) is 3.71. The maximum absolute atomic E-state index is 13.6. The second kappa shape index (κ2) is 10.7. The minimum Gasteiger partial charge on any atom is -0.481 e. The first kappa shape index (κ1) is 25.7. The van der Waals surface area contributed by atoms with Crippen molar-refractivity contribution in [2.45, 2.75) is 19.6 Å². The van der Waals surface area contributed by atoms with E-state index in [0.29, 0.717) is 28.5 Å². The number of nitrogens with one attached hydrogen (secondary N) is 2. The van der Waals surface area contributed by atoms with Gasteiger partial charge in [-0.3, -0.25) is 14.5 Å². The van der Waals surface area contributed by atoms with Gasteiger partial charge in [0.2, 0.25) is 18.1 Å². The first-order valence-corrected chi connectivity index (χ1v) is 11.3. The molecule has 1 aromatic carbocycles. The minimum atomic E-state index is -1.04. The van der Waals surface area contributed by atoms with E-state index in [9.17, 15) is 14.0 Å². The Hall–Kier alpha value is -4.41. The van der Waals surface area contributed by atoms with Gasteiger partial charge in [-0.05, 0) is 37.3 Å². The lowest BCUT2D eigenvalue weighted by Crippen LogP contribution is -2.47. The minimum absolute atomic E-state index is 0.00438. The zero-order valence-corrected chi connectivity index (χ0v) is 20.1. The van der Waals surface area contributed by atoms with Crippen LogP contribution in [0.4, 0.5) is 10.3 Å². The number of anilines is 1. The maximum Gasteiger partial charge on any atom is 0.305 e. The summed E-state index contributed by atoms with van der Waals surface area (Å²) >= 11 is 0. The van der Waals surface area contributed by atoms with Crippen LogP contribution in [0.5, 0.6) is 0 Å². The molecule has 1 saturated heterocycles. The maximum atomic E-state index is 13.6. The van der Waals surface area contributed by atoms with E-state index in [1.807, 2.05) is 0 Å². The number of amides is 1. The van der Waals surface area contributed by atoms with Crippen LogP contribution in [-0.2, 0) is 19.1 Å². The Labute approximate surface area is 211 Å². The van der Waals surface area contributed by atoms with E-state index in [0.717, 1.165) is 4.90 Å². The second-order valence-electron chi connectivity index (χ2n) is 8.67. The Morgan fingerprint density at radius 2 is 1.97 bits per heavy atom. The fourth-order valence-electron chi connectivity index (χ4n) is 3.71. The molecule has 0 spiro atoms. The van der Waals surface area contributed by atoms with Crippen LogP contribution in [0.1, 0.15) is 25.5 Å². The number of carbonyl (C=O) groups is 2. The van der Waals surface area contributed by atoms with Gasteiger partial charge in [0.15, 0.2) is 12.0 Å². The van der Waals surface area contributed by atoms with Gasteiger partial charge in [0.05, 0.1) is 42.1 Å². The van der Waals surface area contributed by atoms with Crippen LogP contribution in [0.2, 0.25) is 0 Å². The molecule has 0 atom stereocenters. The van der Waals surface area contributed by atoms with Gasteiger partial charge in [-0.15, -0.1) is 0 Å². The lowest BCUT2D eigenvalue weighted by atomic mass is 9.90. The summed E-state index contributed by atoms with van der Waals surface area (Å²) in [7, 11) is 1.37. The van der Waals surface area contributed by atoms with Crippen molar-refractivity contribution in [2.75, 3.05) is 32.1 Å². The van der Waals surface area contributed by atoms with Crippen LogP contribution in [0.3, 0.4) is 0 Å². The van der Waals surface area contributed by atoms with Crippen LogP contribution >= 0.6 is 0 Å². The zero-order valence-electron chi connectivity index (χ0n) is 20.1. The number of halogens is 1. The number of aromatic amines is 1. The fraction of sp³-hybridized carbons (Fsp3) is 0.333. The number of ether oxygens (including phenoxy) is 2. The molecular formula is C24H24FN7O5. The first-order chi connectivity index (χ1) is 17.7. The molecule has 13 heteroatoms. The van der Waals surface area contributed by atoms with E-state index in [4.69, 9.17) is 19.8 Å². The van der Waals surface area contributed by atoms with E-state index < -0.39 is 29.4 Å². The quantitative estimate of drug-likeness (QED) is 0.303. The van der Waals surface area contributed by atoms with E-state index >= 15 is 0 Å². The van der Waals surface area contributed by atoms with Crippen LogP contribution < -0.4 is 5.32 Å². The molecule has 0 saturated carbocycles. The molecule has 37 heavy (non-hydrogen) atoms. The summed E-state index contributed by atoms with van der Waals surface area (Å²) in [5.41, 5.74) is 0.929. The van der Waals surface area contributed by atoms with Gasteiger partial charge in [-0.1, -0.05) is 0 Å². The molecule has 3 aromatic rings. The number of carboxylic acid groups (broad SMARTS) is 1. The number of nitriles is 1. The smallest absolute Gasteiger partial charge is 0.305 e. The molecule has 1 fully saturated rings. The van der Waals surface area contributed by atoms with Crippen molar-refractivity contribution in [1.29, 1.82) is 5.26 Å². The number of nitrogens with zero attached hydrogens (tertiary/aromatic N) is 5. The third-order valence-electron chi connectivity index (χ3n) is 5.67. The standard InChI is InChI=1S/C24H24FN7O5/c1-24(22(35)32(2)13-26)11-36-21(37-12-24)20-30-18(14-3-5-15(25)6-4-14)19(31-20)16-7-9-27-23(29-16)28-10-8-17(33)34/h3-7,9,21H,8,10-12H2,1-2H3,(H,30,31)(H,33,34)(H,27,28,29). The predicted molar refractivity (Wildman–Crippen MR) is 127 cm³/mol. The van der Waals surface area contributed by atoms with E-state index in [1.165, 1.54) is 25.4 Å². The molecule has 12 nitrogen and oxygen atoms in total. The number of aliphatic carboxylic acids is 1. The molecule has 1 amide bonds. The van der Waals surface area contributed by atoms with Crippen molar-refractivity contribution in [3.05, 3.63) is 48.2 Å². The highest BCUT2D eigenvalue weighted by Crippen LogP contribution is 2.36. The molecule has 0 aliphatic carbocycles. The average molecular weight is 509 g/mol. The molecule has 0 unspecified atom stereocenters. The Bertz CT molecular complexity index is 1330. The molecular weight excluding hydrogens is 485 g/mol. The van der Waals surface area contributed by atoms with Crippen LogP contribution in [-0.4, -0.2) is 68.6 Å². The van der Waals surface area contributed by atoms with E-state index in [-0.39, 0.29) is 32.1 Å². The van der Waals surface area contributed by atoms with Crippen molar-refractivity contribution in [1.82, 2.24) is 24.8 Å². The summed E-state index contributed by atoms with van der Waals surface area (Å²) in [5, 5.41) is 20.7. The van der Waals surface area contributed by atoms with Gasteiger partial charge in [0.1, 0.15) is 5.82 Å². The summed E-state index contributed by atoms with van der Waals surface area (Å²) in [6.07, 6.45) is 2.26. The number of carboxylic acids is 1. The summed E-state index contributed by atoms with van der Waals surface area (Å²) < 4.78 is 25.2. The van der Waals surface area contributed by atoms with E-state index in [1.54, 1.807) is 31.3 Å². The molecule has 0 bridgehead atoms. The Kier molecular flexibility index (Phi) is 7.42. The van der Waals surface area contributed by atoms with Gasteiger partial charge in [0, 0.05) is 25.4 Å². The lowest BCUT2D eigenvalue weighted by molar-refractivity contribution is -0.233. The van der Waals surface area contributed by atoms with Crippen molar-refractivity contribution < 1.29 is 28.6 Å². The highest BCUT2D eigenvalue weighted by atomic mass is 19.1. The molecule has 1 aliphatic rings. The SMILES string of the molecule is CN(C#N)C(=O)C1(C)COC(c2nc(-c3ccc(F)cc3)c(-c3ccnc(NCCC(=O)O)n3)[nH]2)OC1. The van der Waals surface area contributed by atoms with Gasteiger partial charge in [-0.25, -0.2) is 19.3 Å². The van der Waals surface area contributed by atoms with Crippen molar-refractivity contribution in [2.24, 2.45) is 5.41 Å². The molecule has 2 aromatic heterocycles. The Morgan fingerprint density at radius 3 is 2.62 bits per heavy atom. The van der Waals surface area contributed by atoms with Crippen molar-refractivity contribution >= 4 is 17.8 Å². The highest BCUT2D eigenvalue weighted by molar-refractivity contribution is 5.83. The topological polar surface area (TPSA) is 166 Å². The number of imidazole rings is 1. The summed E-state index contributed by atoms with van der Waals surface area (Å²) in [6, 6.07) is 7.40. The normalized spacial score (nSPS) is 19.1. The number of H-pyrrole nitrogens is 1. The number of aromatic nitrogens is 4. The van der Waals surface area contributed by atoms with Gasteiger partial charge in [0.25, 0.3) is 0 Å². The lowest BCUT2D eigenvalue weighted by Gasteiger charge is -2.36. The third-order valence-corrected chi connectivity index (χ3v) is 5.67. The highest BCUT2D eigenvalue weighted by Gasteiger charge is 2.42. The Balaban J connectivity index is 1.63. The number of rotatable bonds is 8. The summed E-state index contributed by atoms with van der Waals surface area (Å²) in [5.74, 6) is -1.26. The number of carbonyl (C=O) groups excluding carboxylic acids is 1. The third kappa shape index (κ3) is 5.71. The molecule has 3 N–H and O–H groups in total. The molecule has 4 rings (SSSR count). The van der Waals surface area contributed by atoms with Crippen molar-refractivity contribution in [3.8, 4) is 28.8 Å². The average Bonchev–Trinajstić information content (AvgIpc) is 3.34. The summed E-state index contributed by atoms with van der Waals surface area (Å²) in [4.78, 5) is 40.6.